The van der Waals surface area contributed by atoms with Gasteiger partial charge in [-0.2, -0.15) is 4.98 Å². The van der Waals surface area contributed by atoms with Crippen molar-refractivity contribution in [1.29, 1.82) is 0 Å². The minimum Gasteiger partial charge on any atom is -0.338 e. The molecule has 1 aromatic heterocycles. The molecule has 12 heteroatoms. The summed E-state index contributed by atoms with van der Waals surface area (Å²) in [5.74, 6) is -0.359. The molecule has 2 aromatic rings. The van der Waals surface area contributed by atoms with Gasteiger partial charge in [0, 0.05) is 19.0 Å². The van der Waals surface area contributed by atoms with E-state index in [0.29, 0.717) is 37.3 Å². The molecule has 0 amide bonds. The van der Waals surface area contributed by atoms with Gasteiger partial charge in [0.2, 0.25) is 25.9 Å². The average Bonchev–Trinajstić information content (AvgIpc) is 3.08. The molecule has 0 atom stereocenters. The van der Waals surface area contributed by atoms with Crippen molar-refractivity contribution >= 4 is 20.0 Å². The molecule has 1 aliphatic heterocycles. The van der Waals surface area contributed by atoms with Gasteiger partial charge in [-0.15, -0.1) is 0 Å². The third-order valence-electron chi connectivity index (χ3n) is 4.46. The molecular formula is C16H21FN4O5S2. The molecule has 1 N–H and O–H groups in total. The maximum absolute atomic E-state index is 13.2. The summed E-state index contributed by atoms with van der Waals surface area (Å²) in [5, 5.41) is 3.88. The van der Waals surface area contributed by atoms with E-state index in [2.05, 4.69) is 14.9 Å². The molecule has 0 aliphatic carbocycles. The zero-order valence-electron chi connectivity index (χ0n) is 15.2. The van der Waals surface area contributed by atoms with E-state index in [0.717, 1.165) is 6.07 Å². The van der Waals surface area contributed by atoms with Crippen molar-refractivity contribution in [2.45, 2.75) is 31.1 Å². The van der Waals surface area contributed by atoms with Crippen LogP contribution in [-0.4, -0.2) is 50.6 Å². The fraction of sp³-hybridized carbons (Fsp3) is 0.500. The molecule has 0 saturated carbocycles. The van der Waals surface area contributed by atoms with E-state index in [4.69, 9.17) is 4.52 Å². The molecule has 154 valence electrons. The average molecular weight is 432 g/mol. The normalized spacial score (nSPS) is 17.1. The quantitative estimate of drug-likeness (QED) is 0.691. The smallest absolute Gasteiger partial charge is 0.241 e. The minimum atomic E-state index is -3.71. The number of hydrogen-bond acceptors (Lipinski definition) is 7. The SMILES string of the molecule is CS(=O)(=O)N1CCC(c2noc(CNS(=O)(=O)Cc3cccc(F)c3)n2)CC1. The summed E-state index contributed by atoms with van der Waals surface area (Å²) in [7, 11) is -6.92. The number of benzene rings is 1. The van der Waals surface area contributed by atoms with Crippen LogP contribution < -0.4 is 4.72 Å². The lowest BCUT2D eigenvalue weighted by atomic mass is 9.98. The molecule has 2 heterocycles. The number of rotatable bonds is 7. The van der Waals surface area contributed by atoms with Gasteiger partial charge in [0.25, 0.3) is 0 Å². The molecule has 0 unspecified atom stereocenters. The van der Waals surface area contributed by atoms with Gasteiger partial charge in [-0.25, -0.2) is 30.3 Å². The lowest BCUT2D eigenvalue weighted by Gasteiger charge is -2.28. The number of piperidine rings is 1. The first-order valence-electron chi connectivity index (χ1n) is 8.62. The summed E-state index contributed by atoms with van der Waals surface area (Å²) in [6.45, 7) is 0.591. The van der Waals surface area contributed by atoms with Crippen LogP contribution in [0.15, 0.2) is 28.8 Å². The zero-order chi connectivity index (χ0) is 20.4. The standard InChI is InChI=1S/C16H21FN4O5S2/c1-27(22,23)21-7-5-13(6-8-21)16-19-15(26-20-16)10-18-28(24,25)11-12-3-2-4-14(17)9-12/h2-4,9,13,18H,5-8,10-11H2,1H3. The predicted molar refractivity (Wildman–Crippen MR) is 98.6 cm³/mol. The molecule has 28 heavy (non-hydrogen) atoms. The second-order valence-electron chi connectivity index (χ2n) is 6.69. The van der Waals surface area contributed by atoms with E-state index >= 15 is 0 Å². The Morgan fingerprint density at radius 3 is 2.61 bits per heavy atom. The molecule has 9 nitrogen and oxygen atoms in total. The van der Waals surface area contributed by atoms with Crippen molar-refractivity contribution in [2.24, 2.45) is 0 Å². The Morgan fingerprint density at radius 1 is 1.25 bits per heavy atom. The molecule has 0 bridgehead atoms. The summed E-state index contributed by atoms with van der Waals surface area (Å²) in [6.07, 6.45) is 2.31. The van der Waals surface area contributed by atoms with Crippen molar-refractivity contribution in [3.8, 4) is 0 Å². The van der Waals surface area contributed by atoms with Gasteiger partial charge in [0.15, 0.2) is 5.82 Å². The topological polar surface area (TPSA) is 122 Å². The Balaban J connectivity index is 1.55. The van der Waals surface area contributed by atoms with Crippen molar-refractivity contribution in [2.75, 3.05) is 19.3 Å². The monoisotopic (exact) mass is 432 g/mol. The summed E-state index contributed by atoms with van der Waals surface area (Å²) < 4.78 is 69.4. The van der Waals surface area contributed by atoms with Gasteiger partial charge in [-0.05, 0) is 30.5 Å². The highest BCUT2D eigenvalue weighted by atomic mass is 32.2. The molecule has 1 aliphatic rings. The Bertz CT molecular complexity index is 1030. The van der Waals surface area contributed by atoms with Gasteiger partial charge < -0.3 is 4.52 Å². The first-order valence-corrected chi connectivity index (χ1v) is 12.1. The van der Waals surface area contributed by atoms with Crippen LogP contribution in [0, 0.1) is 5.82 Å². The third-order valence-corrected chi connectivity index (χ3v) is 7.06. The van der Waals surface area contributed by atoms with Gasteiger partial charge in [-0.3, -0.25) is 0 Å². The zero-order valence-corrected chi connectivity index (χ0v) is 16.8. The van der Waals surface area contributed by atoms with E-state index in [1.54, 1.807) is 0 Å². The molecular weight excluding hydrogens is 411 g/mol. The molecule has 0 radical (unpaired) electrons. The van der Waals surface area contributed by atoms with Crippen molar-refractivity contribution < 1.29 is 25.7 Å². The van der Waals surface area contributed by atoms with E-state index in [9.17, 15) is 21.2 Å². The number of nitrogens with one attached hydrogen (secondary N) is 1. The lowest BCUT2D eigenvalue weighted by Crippen LogP contribution is -2.37. The highest BCUT2D eigenvalue weighted by Crippen LogP contribution is 2.27. The fourth-order valence-corrected chi connectivity index (χ4v) is 4.96. The van der Waals surface area contributed by atoms with Crippen LogP contribution >= 0.6 is 0 Å². The Morgan fingerprint density at radius 2 is 1.96 bits per heavy atom. The third kappa shape index (κ3) is 5.56. The van der Waals surface area contributed by atoms with Gasteiger partial charge in [0.1, 0.15) is 5.82 Å². The maximum atomic E-state index is 13.2. The fourth-order valence-electron chi connectivity index (χ4n) is 3.02. The lowest BCUT2D eigenvalue weighted by molar-refractivity contribution is 0.306. The molecule has 1 fully saturated rings. The number of sulfonamides is 2. The number of hydrogen-bond donors (Lipinski definition) is 1. The van der Waals surface area contributed by atoms with E-state index in [1.165, 1.54) is 28.8 Å². The van der Waals surface area contributed by atoms with Gasteiger partial charge in [0.05, 0.1) is 18.6 Å². The number of aromatic nitrogens is 2. The van der Waals surface area contributed by atoms with Gasteiger partial charge in [-0.1, -0.05) is 17.3 Å². The predicted octanol–water partition coefficient (Wildman–Crippen LogP) is 0.967. The second kappa shape index (κ2) is 8.23. The minimum absolute atomic E-state index is 0.0422. The van der Waals surface area contributed by atoms with Crippen LogP contribution in [0.25, 0.3) is 0 Å². The summed E-state index contributed by atoms with van der Waals surface area (Å²) in [4.78, 5) is 4.21. The van der Waals surface area contributed by atoms with E-state index in [1.807, 2.05) is 0 Å². The Kier molecular flexibility index (Phi) is 6.12. The summed E-state index contributed by atoms with van der Waals surface area (Å²) >= 11 is 0. The van der Waals surface area contributed by atoms with Gasteiger partial charge >= 0.3 is 0 Å². The largest absolute Gasteiger partial charge is 0.338 e. The number of halogens is 1. The first kappa shape index (κ1) is 20.8. The molecule has 1 aromatic carbocycles. The van der Waals surface area contributed by atoms with Crippen LogP contribution in [0.5, 0.6) is 0 Å². The Labute approximate surface area is 163 Å². The van der Waals surface area contributed by atoms with E-state index < -0.39 is 25.9 Å². The molecule has 1 saturated heterocycles. The first-order chi connectivity index (χ1) is 13.1. The van der Waals surface area contributed by atoms with Crippen LogP contribution in [0.1, 0.15) is 36.0 Å². The molecule has 0 spiro atoms. The van der Waals surface area contributed by atoms with Crippen LogP contribution in [0.3, 0.4) is 0 Å². The van der Waals surface area contributed by atoms with Crippen LogP contribution in [0.2, 0.25) is 0 Å². The van der Waals surface area contributed by atoms with Crippen LogP contribution in [-0.2, 0) is 32.3 Å². The molecule has 3 rings (SSSR count). The van der Waals surface area contributed by atoms with E-state index in [-0.39, 0.29) is 24.1 Å². The van der Waals surface area contributed by atoms with Crippen molar-refractivity contribution in [1.82, 2.24) is 19.2 Å². The second-order valence-corrected chi connectivity index (χ2v) is 10.5. The van der Waals surface area contributed by atoms with Crippen molar-refractivity contribution in [3.63, 3.8) is 0 Å². The summed E-state index contributed by atoms with van der Waals surface area (Å²) in [5.41, 5.74) is 0.330. The highest BCUT2D eigenvalue weighted by Gasteiger charge is 2.28. The summed E-state index contributed by atoms with van der Waals surface area (Å²) in [6, 6.07) is 5.37. The number of nitrogens with zero attached hydrogens (tertiary/aromatic N) is 3. The van der Waals surface area contributed by atoms with Crippen molar-refractivity contribution in [3.05, 3.63) is 47.4 Å². The van der Waals surface area contributed by atoms with Crippen LogP contribution in [0.4, 0.5) is 4.39 Å². The maximum Gasteiger partial charge on any atom is 0.241 e. The Hall–Kier alpha value is -1.89. The highest BCUT2D eigenvalue weighted by molar-refractivity contribution is 7.88.